The van der Waals surface area contributed by atoms with Crippen LogP contribution in [0.25, 0.3) is 0 Å². The Morgan fingerprint density at radius 3 is 2.37 bits per heavy atom. The van der Waals surface area contributed by atoms with Crippen LogP contribution in [0.15, 0.2) is 18.2 Å². The summed E-state index contributed by atoms with van der Waals surface area (Å²) in [5.41, 5.74) is 0.679. The summed E-state index contributed by atoms with van der Waals surface area (Å²) in [5.74, 6) is -4.55. The zero-order valence-corrected chi connectivity index (χ0v) is 14.2. The molecule has 4 amide bonds. The lowest BCUT2D eigenvalue weighted by Gasteiger charge is -2.30. The predicted molar refractivity (Wildman–Crippen MR) is 86.0 cm³/mol. The van der Waals surface area contributed by atoms with Gasteiger partial charge in [-0.25, -0.2) is 18.4 Å². The molecule has 0 bridgehead atoms. The fraction of sp³-hybridized carbons (Fsp3) is 0.412. The smallest absolute Gasteiger partial charge is 0.344 e. The van der Waals surface area contributed by atoms with Gasteiger partial charge >= 0.3 is 12.0 Å². The minimum absolute atomic E-state index is 0.406. The van der Waals surface area contributed by atoms with Crippen molar-refractivity contribution in [3.8, 4) is 0 Å². The highest BCUT2D eigenvalue weighted by Gasteiger charge is 2.52. The standard InChI is InChI=1S/C17H17F2N3O5/c18-11-6-10(7-12(19)8-11)14(24)27-9-13(23)21-22-15(25)17(20-16(22)26)4-2-1-3-5-17/h6-8H,1-5,9H2,(H,20,26)(H,21,23). The van der Waals surface area contributed by atoms with Crippen molar-refractivity contribution >= 4 is 23.8 Å². The third kappa shape index (κ3) is 3.88. The first-order valence-electron chi connectivity index (χ1n) is 8.40. The molecule has 8 nitrogen and oxygen atoms in total. The molecule has 27 heavy (non-hydrogen) atoms. The van der Waals surface area contributed by atoms with E-state index in [-0.39, 0.29) is 0 Å². The predicted octanol–water partition coefficient (Wildman–Crippen LogP) is 1.41. The molecule has 1 aliphatic carbocycles. The van der Waals surface area contributed by atoms with Crippen LogP contribution >= 0.6 is 0 Å². The zero-order chi connectivity index (χ0) is 19.6. The lowest BCUT2D eigenvalue weighted by Crippen LogP contribution is -2.51. The molecular formula is C17H17F2N3O5. The Hall–Kier alpha value is -3.04. The molecular weight excluding hydrogens is 364 g/mol. The number of nitrogens with one attached hydrogen (secondary N) is 2. The first-order chi connectivity index (χ1) is 12.8. The van der Waals surface area contributed by atoms with Gasteiger partial charge in [0.2, 0.25) is 0 Å². The monoisotopic (exact) mass is 381 g/mol. The number of amides is 4. The van der Waals surface area contributed by atoms with Gasteiger partial charge in [-0.15, -0.1) is 0 Å². The van der Waals surface area contributed by atoms with E-state index in [0.717, 1.165) is 31.4 Å². The molecule has 2 N–H and O–H groups in total. The topological polar surface area (TPSA) is 105 Å². The molecule has 1 spiro atoms. The van der Waals surface area contributed by atoms with Crippen LogP contribution in [0.1, 0.15) is 42.5 Å². The number of esters is 1. The highest BCUT2D eigenvalue weighted by molar-refractivity contribution is 6.08. The summed E-state index contributed by atoms with van der Waals surface area (Å²) < 4.78 is 30.9. The highest BCUT2D eigenvalue weighted by Crippen LogP contribution is 2.32. The van der Waals surface area contributed by atoms with Gasteiger partial charge in [0.15, 0.2) is 6.61 Å². The van der Waals surface area contributed by atoms with Gasteiger partial charge < -0.3 is 10.1 Å². The second-order valence-corrected chi connectivity index (χ2v) is 6.48. The number of rotatable bonds is 4. The van der Waals surface area contributed by atoms with E-state index >= 15 is 0 Å². The van der Waals surface area contributed by atoms with Crippen LogP contribution in [-0.2, 0) is 14.3 Å². The van der Waals surface area contributed by atoms with Crippen molar-refractivity contribution in [3.63, 3.8) is 0 Å². The average molecular weight is 381 g/mol. The minimum Gasteiger partial charge on any atom is -0.452 e. The number of nitrogens with zero attached hydrogens (tertiary/aromatic N) is 1. The van der Waals surface area contributed by atoms with Gasteiger partial charge in [0.05, 0.1) is 5.56 Å². The number of halogens is 2. The first kappa shape index (κ1) is 18.7. The third-order valence-electron chi connectivity index (χ3n) is 4.54. The van der Waals surface area contributed by atoms with E-state index < -0.39 is 53.2 Å². The maximum absolute atomic E-state index is 13.1. The summed E-state index contributed by atoms with van der Waals surface area (Å²) in [7, 11) is 0. The summed E-state index contributed by atoms with van der Waals surface area (Å²) in [4.78, 5) is 48.2. The molecule has 1 saturated heterocycles. The fourth-order valence-electron chi connectivity index (χ4n) is 3.26. The molecule has 144 valence electrons. The summed E-state index contributed by atoms with van der Waals surface area (Å²) in [6.07, 6.45) is 3.52. The van der Waals surface area contributed by atoms with Crippen LogP contribution in [-0.4, -0.2) is 41.0 Å². The number of benzene rings is 1. The number of urea groups is 1. The fourth-order valence-corrected chi connectivity index (χ4v) is 3.26. The molecule has 2 aliphatic rings. The van der Waals surface area contributed by atoms with Crippen molar-refractivity contribution < 1.29 is 32.7 Å². The van der Waals surface area contributed by atoms with Gasteiger partial charge in [-0.3, -0.25) is 15.0 Å². The van der Waals surface area contributed by atoms with Gasteiger partial charge in [-0.2, -0.15) is 5.01 Å². The Kier molecular flexibility index (Phi) is 5.06. The third-order valence-corrected chi connectivity index (χ3v) is 4.54. The van der Waals surface area contributed by atoms with Gasteiger partial charge in [-0.1, -0.05) is 19.3 Å². The van der Waals surface area contributed by atoms with Crippen LogP contribution in [0.2, 0.25) is 0 Å². The Labute approximate surface area is 152 Å². The van der Waals surface area contributed by atoms with Crippen LogP contribution in [0.5, 0.6) is 0 Å². The highest BCUT2D eigenvalue weighted by atomic mass is 19.1. The Morgan fingerprint density at radius 2 is 1.74 bits per heavy atom. The molecule has 2 fully saturated rings. The van der Waals surface area contributed by atoms with Gasteiger partial charge in [0.1, 0.15) is 17.2 Å². The van der Waals surface area contributed by atoms with E-state index in [0.29, 0.717) is 23.9 Å². The second-order valence-electron chi connectivity index (χ2n) is 6.48. The number of imide groups is 1. The number of hydrogen-bond donors (Lipinski definition) is 2. The summed E-state index contributed by atoms with van der Waals surface area (Å²) in [6.45, 7) is -0.832. The molecule has 0 unspecified atom stereocenters. The molecule has 0 radical (unpaired) electrons. The van der Waals surface area contributed by atoms with Crippen LogP contribution in [0.4, 0.5) is 13.6 Å². The lowest BCUT2D eigenvalue weighted by molar-refractivity contribution is -0.140. The van der Waals surface area contributed by atoms with Gasteiger partial charge in [-0.05, 0) is 25.0 Å². The minimum atomic E-state index is -1.12. The van der Waals surface area contributed by atoms with Gasteiger partial charge in [0, 0.05) is 6.07 Å². The van der Waals surface area contributed by atoms with Crippen molar-refractivity contribution in [1.82, 2.24) is 15.8 Å². The SMILES string of the molecule is O=C(COC(=O)c1cc(F)cc(F)c1)NN1C(=O)NC2(CCCCC2)C1=O. The Morgan fingerprint density at radius 1 is 1.11 bits per heavy atom. The maximum atomic E-state index is 13.1. The van der Waals surface area contributed by atoms with E-state index in [1.807, 2.05) is 0 Å². The quantitative estimate of drug-likeness (QED) is 0.606. The molecule has 1 aromatic carbocycles. The number of hydrogen-bond acceptors (Lipinski definition) is 5. The molecule has 3 rings (SSSR count). The lowest BCUT2D eigenvalue weighted by atomic mass is 9.82. The van der Waals surface area contributed by atoms with E-state index in [1.165, 1.54) is 0 Å². The van der Waals surface area contributed by atoms with Crippen molar-refractivity contribution in [2.24, 2.45) is 0 Å². The van der Waals surface area contributed by atoms with E-state index in [2.05, 4.69) is 15.5 Å². The van der Waals surface area contributed by atoms with E-state index in [4.69, 9.17) is 0 Å². The van der Waals surface area contributed by atoms with Crippen LogP contribution < -0.4 is 10.7 Å². The van der Waals surface area contributed by atoms with Crippen molar-refractivity contribution in [2.45, 2.75) is 37.6 Å². The average Bonchev–Trinajstić information content (AvgIpc) is 2.83. The number of hydrazine groups is 1. The number of carbonyl (C=O) groups is 4. The maximum Gasteiger partial charge on any atom is 0.344 e. The van der Waals surface area contributed by atoms with Crippen LogP contribution in [0.3, 0.4) is 0 Å². The molecule has 1 aromatic rings. The second kappa shape index (κ2) is 7.29. The molecule has 0 aromatic heterocycles. The molecule has 10 heteroatoms. The van der Waals surface area contributed by atoms with Crippen molar-refractivity contribution in [3.05, 3.63) is 35.4 Å². The number of carbonyl (C=O) groups excluding carboxylic acids is 4. The first-order valence-corrected chi connectivity index (χ1v) is 8.40. The zero-order valence-electron chi connectivity index (χ0n) is 14.2. The van der Waals surface area contributed by atoms with Crippen LogP contribution in [0, 0.1) is 11.6 Å². The number of ether oxygens (including phenoxy) is 1. The molecule has 1 aliphatic heterocycles. The summed E-state index contributed by atoms with van der Waals surface area (Å²) in [5, 5.41) is 3.18. The van der Waals surface area contributed by atoms with E-state index in [1.54, 1.807) is 0 Å². The molecule has 1 saturated carbocycles. The Bertz CT molecular complexity index is 788. The summed E-state index contributed by atoms with van der Waals surface area (Å²) in [6, 6.07) is 1.34. The Balaban J connectivity index is 1.57. The normalized spacial score (nSPS) is 18.4. The molecule has 0 atom stereocenters. The summed E-state index contributed by atoms with van der Waals surface area (Å²) >= 11 is 0. The largest absolute Gasteiger partial charge is 0.452 e. The van der Waals surface area contributed by atoms with Gasteiger partial charge in [0.25, 0.3) is 11.8 Å². The van der Waals surface area contributed by atoms with Crippen molar-refractivity contribution in [1.29, 1.82) is 0 Å². The van der Waals surface area contributed by atoms with Crippen molar-refractivity contribution in [2.75, 3.05) is 6.61 Å². The van der Waals surface area contributed by atoms with E-state index in [9.17, 15) is 28.0 Å². The molecule has 1 heterocycles.